The molecular weight excluding hydrogens is 998 g/mol. The third-order valence-electron chi connectivity index (χ3n) is 11.8. The van der Waals surface area contributed by atoms with Gasteiger partial charge in [-0.05, 0) is 53.5 Å². The number of carbonyl (C=O) groups excluding carboxylic acids is 3. The first-order valence-corrected chi connectivity index (χ1v) is 23.7. The monoisotopic (exact) mass is 1040 g/mol. The van der Waals surface area contributed by atoms with E-state index < -0.39 is 72.5 Å². The van der Waals surface area contributed by atoms with Gasteiger partial charge in [0.1, 0.15) is 33.0 Å². The predicted octanol–water partition coefficient (Wildman–Crippen LogP) is 7.14. The quantitative estimate of drug-likeness (QED) is 0.102. The van der Waals surface area contributed by atoms with E-state index in [9.17, 15) is 42.6 Å². The Hall–Kier alpha value is -5.16. The number of nitrogens with zero attached hydrogens (tertiary/aromatic N) is 5. The standard InChI is InChI=1S/C25H25Cl2F2N5O6S.C18H22Cl2N4O3/c1-24(2,3)22(36)31-17-7-14(26)20(27)32-19(17)25(4)13-10-33(23(37)38)8-11(13)9-34(25)21(35)18-15(28)5-12(6-16(18)29)41(30,39)40;1-18(2,3)16(25)23-13-4-11(19)15(20)22-14(13)5-12-10-8-24(17(26)27)7-9(10)6-21-12/h5-7H,8-10H2,1-4H3,(H,31,36)(H,37,38)(H2,30,39,40);4,12,21H,5-8H2,1-3H3,(H,23,25)(H,26,27). The molecule has 5 amide bonds. The Morgan fingerprint density at radius 3 is 1.82 bits per heavy atom. The number of carboxylic acid groups (broad SMARTS) is 2. The van der Waals surface area contributed by atoms with Crippen LogP contribution in [0.25, 0.3) is 0 Å². The zero-order valence-electron chi connectivity index (χ0n) is 37.6. The van der Waals surface area contributed by atoms with Gasteiger partial charge in [-0.15, -0.1) is 0 Å². The van der Waals surface area contributed by atoms with Gasteiger partial charge >= 0.3 is 12.2 Å². The Morgan fingerprint density at radius 1 is 0.794 bits per heavy atom. The van der Waals surface area contributed by atoms with Crippen molar-refractivity contribution < 1.29 is 51.4 Å². The van der Waals surface area contributed by atoms with Crippen molar-refractivity contribution in [3.63, 3.8) is 0 Å². The van der Waals surface area contributed by atoms with Crippen molar-refractivity contribution >= 4 is 97.7 Å². The minimum absolute atomic E-state index is 0.0305. The molecule has 3 aromatic rings. The number of nitrogens with two attached hydrogens (primary N) is 1. The van der Waals surface area contributed by atoms with Crippen LogP contribution in [0.5, 0.6) is 0 Å². The van der Waals surface area contributed by atoms with Gasteiger partial charge in [-0.2, -0.15) is 0 Å². The van der Waals surface area contributed by atoms with Gasteiger partial charge in [0.2, 0.25) is 21.8 Å². The molecule has 366 valence electrons. The van der Waals surface area contributed by atoms with Gasteiger partial charge in [-0.3, -0.25) is 14.4 Å². The molecule has 0 saturated heterocycles. The molecule has 0 radical (unpaired) electrons. The largest absolute Gasteiger partial charge is 0.465 e. The van der Waals surface area contributed by atoms with E-state index in [1.54, 1.807) is 26.8 Å². The second-order valence-electron chi connectivity index (χ2n) is 18.7. The Kier molecular flexibility index (Phi) is 14.6. The maximum Gasteiger partial charge on any atom is 0.407 e. The van der Waals surface area contributed by atoms with E-state index in [0.29, 0.717) is 60.7 Å². The van der Waals surface area contributed by atoms with Gasteiger partial charge in [-0.25, -0.2) is 41.9 Å². The fraction of sp³-hybridized carbons (Fsp3) is 0.419. The summed E-state index contributed by atoms with van der Waals surface area (Å²) in [4.78, 5) is 73.6. The average molecular weight is 1050 g/mol. The number of nitrogens with one attached hydrogen (secondary N) is 3. The number of primary sulfonamides is 1. The van der Waals surface area contributed by atoms with E-state index in [0.717, 1.165) is 20.9 Å². The van der Waals surface area contributed by atoms with Crippen molar-refractivity contribution in [1.29, 1.82) is 0 Å². The highest BCUT2D eigenvalue weighted by molar-refractivity contribution is 7.89. The number of hydrogen-bond donors (Lipinski definition) is 6. The number of pyridine rings is 2. The first kappa shape index (κ1) is 52.2. The summed E-state index contributed by atoms with van der Waals surface area (Å²) in [5.74, 6) is -4.77. The number of carbonyl (C=O) groups is 5. The fourth-order valence-corrected chi connectivity index (χ4v) is 9.15. The lowest BCUT2D eigenvalue weighted by Gasteiger charge is -2.40. The summed E-state index contributed by atoms with van der Waals surface area (Å²) in [5.41, 5.74) is -0.0639. The van der Waals surface area contributed by atoms with Gasteiger partial charge in [0, 0.05) is 62.6 Å². The number of benzene rings is 1. The third kappa shape index (κ3) is 10.5. The molecule has 0 bridgehead atoms. The van der Waals surface area contributed by atoms with Crippen LogP contribution in [0, 0.1) is 22.5 Å². The Bertz CT molecular complexity index is 2830. The first-order chi connectivity index (χ1) is 31.3. The molecule has 6 heterocycles. The summed E-state index contributed by atoms with van der Waals surface area (Å²) >= 11 is 24.7. The zero-order chi connectivity index (χ0) is 50.7. The molecule has 0 aliphatic carbocycles. The molecule has 2 aromatic heterocycles. The van der Waals surface area contributed by atoms with Gasteiger partial charge in [-0.1, -0.05) is 87.9 Å². The minimum Gasteiger partial charge on any atom is -0.465 e. The lowest BCUT2D eigenvalue weighted by atomic mass is 9.86. The lowest BCUT2D eigenvalue weighted by Crippen LogP contribution is -2.49. The van der Waals surface area contributed by atoms with E-state index in [1.807, 2.05) is 20.8 Å². The maximum atomic E-state index is 15.1. The van der Waals surface area contributed by atoms with Gasteiger partial charge in [0.25, 0.3) is 5.91 Å². The van der Waals surface area contributed by atoms with Crippen molar-refractivity contribution in [2.75, 3.05) is 49.9 Å². The summed E-state index contributed by atoms with van der Waals surface area (Å²) in [7, 11) is -4.49. The molecule has 18 nitrogen and oxygen atoms in total. The van der Waals surface area contributed by atoms with Crippen molar-refractivity contribution in [3.8, 4) is 0 Å². The second kappa shape index (κ2) is 19.0. The lowest BCUT2D eigenvalue weighted by molar-refractivity contribution is -0.123. The SMILES string of the molecule is CC(C)(C)C(=O)Nc1cc(Cl)c(Cl)nc1C1(C)C2=C(CN(C(=O)O)C2)CN1C(=O)c1c(F)cc(S(N)(=O)=O)cc1F.CC(C)(C)C(=O)Nc1cc(Cl)c(Cl)nc1CC1NCC2=C1CN(C(=O)O)C2. The smallest absolute Gasteiger partial charge is 0.407 e. The predicted molar refractivity (Wildman–Crippen MR) is 250 cm³/mol. The highest BCUT2D eigenvalue weighted by atomic mass is 35.5. The molecule has 2 atom stereocenters. The van der Waals surface area contributed by atoms with E-state index in [-0.39, 0.29) is 63.3 Å². The number of anilines is 2. The van der Waals surface area contributed by atoms with Gasteiger partial charge in [0.15, 0.2) is 0 Å². The number of amides is 5. The molecule has 0 fully saturated rings. The van der Waals surface area contributed by atoms with Crippen molar-refractivity contribution in [2.45, 2.75) is 71.4 Å². The number of aromatic nitrogens is 2. The molecule has 4 aliphatic heterocycles. The first-order valence-electron chi connectivity index (χ1n) is 20.6. The maximum absolute atomic E-state index is 15.1. The number of halogens is 6. The highest BCUT2D eigenvalue weighted by Gasteiger charge is 2.53. The topological polar surface area (TPSA) is 258 Å². The molecule has 7 N–H and O–H groups in total. The van der Waals surface area contributed by atoms with Crippen LogP contribution in [0.1, 0.15) is 70.2 Å². The van der Waals surface area contributed by atoms with E-state index in [2.05, 4.69) is 25.9 Å². The van der Waals surface area contributed by atoms with Crippen LogP contribution < -0.4 is 21.1 Å². The molecule has 1 aromatic carbocycles. The average Bonchev–Trinajstić information content (AvgIpc) is 3.99. The van der Waals surface area contributed by atoms with Crippen LogP contribution in [0.15, 0.2) is 51.5 Å². The van der Waals surface area contributed by atoms with Gasteiger partial charge < -0.3 is 40.9 Å². The third-order valence-corrected chi connectivity index (χ3v) is 14.1. The van der Waals surface area contributed by atoms with Crippen molar-refractivity contribution in [3.05, 3.63) is 95.5 Å². The summed E-state index contributed by atoms with van der Waals surface area (Å²) in [6.07, 6.45) is -1.68. The molecular formula is C43H47Cl4F2N9O9S. The van der Waals surface area contributed by atoms with Crippen molar-refractivity contribution in [1.82, 2.24) is 30.0 Å². The summed E-state index contributed by atoms with van der Waals surface area (Å²) in [5, 5.41) is 33.0. The van der Waals surface area contributed by atoms with E-state index >= 15 is 8.78 Å². The summed E-state index contributed by atoms with van der Waals surface area (Å²) < 4.78 is 53.6. The molecule has 25 heteroatoms. The fourth-order valence-electron chi connectivity index (χ4n) is 8.02. The minimum atomic E-state index is -4.49. The van der Waals surface area contributed by atoms with Crippen LogP contribution in [-0.2, 0) is 31.6 Å². The van der Waals surface area contributed by atoms with Gasteiger partial charge in [0.05, 0.1) is 37.7 Å². The summed E-state index contributed by atoms with van der Waals surface area (Å²) in [6.45, 7) is 12.8. The van der Waals surface area contributed by atoms with Crippen LogP contribution in [0.2, 0.25) is 20.4 Å². The highest BCUT2D eigenvalue weighted by Crippen LogP contribution is 2.49. The Balaban J connectivity index is 0.000000244. The Labute approximate surface area is 409 Å². The van der Waals surface area contributed by atoms with Crippen LogP contribution >= 0.6 is 46.4 Å². The molecule has 0 saturated carbocycles. The molecule has 0 spiro atoms. The molecule has 68 heavy (non-hydrogen) atoms. The zero-order valence-corrected chi connectivity index (χ0v) is 41.4. The van der Waals surface area contributed by atoms with Crippen LogP contribution in [0.4, 0.5) is 29.7 Å². The van der Waals surface area contributed by atoms with E-state index in [4.69, 9.17) is 51.5 Å². The molecule has 7 rings (SSSR count). The van der Waals surface area contributed by atoms with Crippen LogP contribution in [-0.4, -0.2) is 119 Å². The number of sulfonamides is 1. The number of rotatable bonds is 7. The normalized spacial score (nSPS) is 19.2. The number of hydrogen-bond acceptors (Lipinski definition) is 10. The summed E-state index contributed by atoms with van der Waals surface area (Å²) in [6, 6.07) is 3.73. The van der Waals surface area contributed by atoms with Crippen molar-refractivity contribution in [2.24, 2.45) is 16.0 Å². The Morgan fingerprint density at radius 2 is 1.29 bits per heavy atom. The molecule has 2 unspecified atom stereocenters. The molecule has 4 aliphatic rings. The van der Waals surface area contributed by atoms with E-state index in [1.165, 1.54) is 17.9 Å². The van der Waals surface area contributed by atoms with Crippen LogP contribution in [0.3, 0.4) is 0 Å². The second-order valence-corrected chi connectivity index (χ2v) is 21.8.